The van der Waals surface area contributed by atoms with Gasteiger partial charge in [-0.15, -0.1) is 11.3 Å². The average molecular weight is 351 g/mol. The Morgan fingerprint density at radius 3 is 2.95 bits per heavy atom. The fraction of sp³-hybridized carbons (Fsp3) is 0.375. The van der Waals surface area contributed by atoms with E-state index in [1.54, 1.807) is 0 Å². The highest BCUT2D eigenvalue weighted by Gasteiger charge is 2.10. The number of thiophene rings is 1. The van der Waals surface area contributed by atoms with Crippen LogP contribution in [0.3, 0.4) is 0 Å². The van der Waals surface area contributed by atoms with Crippen molar-refractivity contribution < 1.29 is 0 Å². The van der Waals surface area contributed by atoms with Gasteiger partial charge in [0.05, 0.1) is 0 Å². The van der Waals surface area contributed by atoms with Crippen molar-refractivity contribution in [3.8, 4) is 0 Å². The van der Waals surface area contributed by atoms with Crippen molar-refractivity contribution >= 4 is 27.3 Å². The molecule has 0 atom stereocenters. The molecule has 0 amide bonds. The Bertz CT molecular complexity index is 594. The maximum absolute atomic E-state index is 3.52. The molecule has 0 unspecified atom stereocenters. The van der Waals surface area contributed by atoms with E-state index in [-0.39, 0.29) is 0 Å². The van der Waals surface area contributed by atoms with Gasteiger partial charge in [0.1, 0.15) is 0 Å². The summed E-state index contributed by atoms with van der Waals surface area (Å²) >= 11 is 5.33. The van der Waals surface area contributed by atoms with Gasteiger partial charge in [-0.25, -0.2) is 0 Å². The maximum Gasteiger partial charge on any atom is 0.0328 e. The molecule has 2 nitrogen and oxygen atoms in total. The second-order valence-corrected chi connectivity index (χ2v) is 7.34. The number of nitrogens with zero attached hydrogens (tertiary/aromatic N) is 1. The van der Waals surface area contributed by atoms with Crippen LogP contribution in [0.2, 0.25) is 0 Å². The minimum Gasteiger partial charge on any atom is -0.312 e. The first-order valence-corrected chi connectivity index (χ1v) is 8.61. The zero-order valence-electron chi connectivity index (χ0n) is 11.7. The van der Waals surface area contributed by atoms with Gasteiger partial charge in [0.15, 0.2) is 0 Å². The maximum atomic E-state index is 3.52. The van der Waals surface area contributed by atoms with Crippen LogP contribution in [-0.2, 0) is 26.1 Å². The minimum absolute atomic E-state index is 1.00. The summed E-state index contributed by atoms with van der Waals surface area (Å²) in [5.41, 5.74) is 4.39. The molecule has 1 aliphatic rings. The molecule has 0 saturated heterocycles. The fourth-order valence-corrected chi connectivity index (χ4v) is 4.23. The van der Waals surface area contributed by atoms with E-state index < -0.39 is 0 Å². The largest absolute Gasteiger partial charge is 0.312 e. The van der Waals surface area contributed by atoms with Gasteiger partial charge in [-0.2, -0.15) is 0 Å². The van der Waals surface area contributed by atoms with Crippen molar-refractivity contribution in [2.75, 3.05) is 13.6 Å². The molecule has 1 aromatic heterocycles. The highest BCUT2D eigenvalue weighted by Crippen LogP contribution is 2.22. The lowest BCUT2D eigenvalue weighted by Gasteiger charge is -2.20. The number of hydrogen-bond donors (Lipinski definition) is 1. The lowest BCUT2D eigenvalue weighted by Crippen LogP contribution is -2.24. The molecule has 1 aromatic carbocycles. The Kier molecular flexibility index (Phi) is 4.56. The molecular formula is C16H19BrN2S. The highest BCUT2D eigenvalue weighted by atomic mass is 79.9. The van der Waals surface area contributed by atoms with E-state index in [0.29, 0.717) is 0 Å². The number of hydrogen-bond acceptors (Lipinski definition) is 3. The third kappa shape index (κ3) is 3.50. The van der Waals surface area contributed by atoms with E-state index in [2.05, 4.69) is 62.8 Å². The number of benzene rings is 1. The first kappa shape index (κ1) is 14.3. The molecule has 4 heteroatoms. The molecule has 2 heterocycles. The Hall–Kier alpha value is -0.680. The van der Waals surface area contributed by atoms with E-state index >= 15 is 0 Å². The van der Waals surface area contributed by atoms with Crippen LogP contribution in [-0.4, -0.2) is 18.5 Å². The van der Waals surface area contributed by atoms with Crippen molar-refractivity contribution in [3.05, 3.63) is 55.7 Å². The van der Waals surface area contributed by atoms with Crippen molar-refractivity contribution in [2.24, 2.45) is 0 Å². The Morgan fingerprint density at radius 1 is 1.25 bits per heavy atom. The number of nitrogens with one attached hydrogen (secondary N) is 1. The van der Waals surface area contributed by atoms with Crippen LogP contribution >= 0.6 is 27.3 Å². The molecular weight excluding hydrogens is 332 g/mol. The summed E-state index contributed by atoms with van der Waals surface area (Å²) in [6, 6.07) is 9.16. The van der Waals surface area contributed by atoms with E-state index in [1.165, 1.54) is 26.0 Å². The first-order chi connectivity index (χ1) is 9.70. The van der Waals surface area contributed by atoms with Gasteiger partial charge in [-0.1, -0.05) is 18.2 Å². The van der Waals surface area contributed by atoms with Gasteiger partial charge in [0, 0.05) is 34.4 Å². The van der Waals surface area contributed by atoms with Crippen molar-refractivity contribution in [1.29, 1.82) is 0 Å². The molecule has 0 fully saturated rings. The third-order valence-electron chi connectivity index (χ3n) is 3.66. The zero-order valence-corrected chi connectivity index (χ0v) is 14.1. The SMILES string of the molecule is CN(Cc1ccc2c(c1)CNCC2)Cc1cc(Br)cs1. The summed E-state index contributed by atoms with van der Waals surface area (Å²) < 4.78 is 1.19. The van der Waals surface area contributed by atoms with Gasteiger partial charge in [0.25, 0.3) is 0 Å². The van der Waals surface area contributed by atoms with Gasteiger partial charge in [-0.05, 0) is 58.7 Å². The zero-order chi connectivity index (χ0) is 13.9. The predicted octanol–water partition coefficient (Wildman–Crippen LogP) is 3.79. The van der Waals surface area contributed by atoms with Gasteiger partial charge < -0.3 is 5.32 Å². The van der Waals surface area contributed by atoms with Crippen LogP contribution in [0.4, 0.5) is 0 Å². The van der Waals surface area contributed by atoms with Crippen LogP contribution in [0.15, 0.2) is 34.1 Å². The summed E-state index contributed by atoms with van der Waals surface area (Å²) in [7, 11) is 2.19. The van der Waals surface area contributed by atoms with Gasteiger partial charge >= 0.3 is 0 Å². The Morgan fingerprint density at radius 2 is 2.15 bits per heavy atom. The molecule has 0 aliphatic carbocycles. The standard InChI is InChI=1S/C16H19BrN2S/c1-19(10-16-7-15(17)11-20-16)9-12-2-3-13-4-5-18-8-14(13)6-12/h2-3,6-7,11,18H,4-5,8-10H2,1H3. The van der Waals surface area contributed by atoms with E-state index in [0.717, 1.165) is 32.6 Å². The Balaban J connectivity index is 1.65. The third-order valence-corrected chi connectivity index (χ3v) is 5.34. The molecule has 0 spiro atoms. The molecule has 0 bridgehead atoms. The number of fused-ring (bicyclic) bond motifs is 1. The number of halogens is 1. The second kappa shape index (κ2) is 6.39. The first-order valence-electron chi connectivity index (χ1n) is 6.93. The van der Waals surface area contributed by atoms with Gasteiger partial charge in [-0.3, -0.25) is 4.90 Å². The monoisotopic (exact) mass is 350 g/mol. The summed E-state index contributed by atoms with van der Waals surface area (Å²) in [4.78, 5) is 3.77. The second-order valence-electron chi connectivity index (χ2n) is 5.43. The van der Waals surface area contributed by atoms with Crippen LogP contribution in [0.25, 0.3) is 0 Å². The summed E-state index contributed by atoms with van der Waals surface area (Å²) in [5.74, 6) is 0. The lowest BCUT2D eigenvalue weighted by atomic mass is 9.98. The smallest absolute Gasteiger partial charge is 0.0328 e. The molecule has 3 rings (SSSR count). The normalized spacial score (nSPS) is 14.6. The van der Waals surface area contributed by atoms with Crippen LogP contribution < -0.4 is 5.32 Å². The molecule has 106 valence electrons. The van der Waals surface area contributed by atoms with Crippen molar-refractivity contribution in [2.45, 2.75) is 26.1 Å². The highest BCUT2D eigenvalue weighted by molar-refractivity contribution is 9.10. The van der Waals surface area contributed by atoms with Crippen molar-refractivity contribution in [1.82, 2.24) is 10.2 Å². The molecule has 20 heavy (non-hydrogen) atoms. The predicted molar refractivity (Wildman–Crippen MR) is 89.0 cm³/mol. The fourth-order valence-electron chi connectivity index (χ4n) is 2.70. The summed E-state index contributed by atoms with van der Waals surface area (Å²) in [5, 5.41) is 5.59. The van der Waals surface area contributed by atoms with E-state index in [9.17, 15) is 0 Å². The summed E-state index contributed by atoms with van der Waals surface area (Å²) in [6.45, 7) is 4.14. The molecule has 2 aromatic rings. The van der Waals surface area contributed by atoms with E-state index in [4.69, 9.17) is 0 Å². The van der Waals surface area contributed by atoms with Crippen LogP contribution in [0.1, 0.15) is 21.6 Å². The summed E-state index contributed by atoms with van der Waals surface area (Å²) in [6.07, 6.45) is 1.16. The lowest BCUT2D eigenvalue weighted by molar-refractivity contribution is 0.322. The van der Waals surface area contributed by atoms with Crippen LogP contribution in [0, 0.1) is 0 Å². The molecule has 1 N–H and O–H groups in total. The molecule has 1 aliphatic heterocycles. The van der Waals surface area contributed by atoms with Gasteiger partial charge in [0.2, 0.25) is 0 Å². The minimum atomic E-state index is 1.00. The van der Waals surface area contributed by atoms with Crippen molar-refractivity contribution in [3.63, 3.8) is 0 Å². The van der Waals surface area contributed by atoms with Crippen LogP contribution in [0.5, 0.6) is 0 Å². The van der Waals surface area contributed by atoms with E-state index in [1.807, 2.05) is 11.3 Å². The quantitative estimate of drug-likeness (QED) is 0.902. The molecule has 0 saturated carbocycles. The average Bonchev–Trinajstić information content (AvgIpc) is 2.83. The molecule has 0 radical (unpaired) electrons. The number of rotatable bonds is 4. The topological polar surface area (TPSA) is 15.3 Å². The Labute approximate surface area is 132 Å².